The summed E-state index contributed by atoms with van der Waals surface area (Å²) in [7, 11) is 1.63. The Kier molecular flexibility index (Phi) is 3.65. The number of ether oxygens (including phenoxy) is 1. The van der Waals surface area contributed by atoms with Crippen LogP contribution < -0.4 is 10.1 Å². The summed E-state index contributed by atoms with van der Waals surface area (Å²) in [6.07, 6.45) is 1.70. The van der Waals surface area contributed by atoms with Gasteiger partial charge in [-0.1, -0.05) is 12.1 Å². The molecule has 0 radical (unpaired) electrons. The highest BCUT2D eigenvalue weighted by molar-refractivity contribution is 5.92. The van der Waals surface area contributed by atoms with Crippen molar-refractivity contribution in [3.63, 3.8) is 0 Å². The van der Waals surface area contributed by atoms with E-state index in [0.717, 1.165) is 22.4 Å². The van der Waals surface area contributed by atoms with Crippen LogP contribution in [0.2, 0.25) is 0 Å². The molecule has 0 saturated carbocycles. The quantitative estimate of drug-likeness (QED) is 0.656. The van der Waals surface area contributed by atoms with Gasteiger partial charge in [-0.05, 0) is 12.1 Å². The van der Waals surface area contributed by atoms with Crippen molar-refractivity contribution in [1.29, 1.82) is 0 Å². The van der Waals surface area contributed by atoms with Gasteiger partial charge in [-0.3, -0.25) is 5.10 Å². The van der Waals surface area contributed by atoms with Crippen molar-refractivity contribution in [3.05, 3.63) is 30.5 Å². The molecule has 0 amide bonds. The lowest BCUT2D eigenvalue weighted by molar-refractivity contribution is 0.311. The first kappa shape index (κ1) is 13.3. The molecule has 0 saturated heterocycles. The maximum Gasteiger partial charge on any atom is 0.224 e. The highest BCUT2D eigenvalue weighted by atomic mass is 16.5. The second-order valence-electron chi connectivity index (χ2n) is 4.38. The number of rotatable bonds is 5. The number of hydrogen-bond acceptors (Lipinski definition) is 6. The fourth-order valence-corrected chi connectivity index (χ4v) is 2.11. The van der Waals surface area contributed by atoms with Crippen molar-refractivity contribution in [2.45, 2.75) is 0 Å². The van der Waals surface area contributed by atoms with E-state index in [9.17, 15) is 0 Å². The van der Waals surface area contributed by atoms with E-state index in [1.54, 1.807) is 13.3 Å². The summed E-state index contributed by atoms with van der Waals surface area (Å²) in [6, 6.07) is 7.65. The van der Waals surface area contributed by atoms with Crippen LogP contribution in [0.25, 0.3) is 22.3 Å². The average Bonchev–Trinajstić information content (AvgIpc) is 2.95. The van der Waals surface area contributed by atoms with Crippen LogP contribution in [-0.2, 0) is 0 Å². The molecule has 0 aliphatic carbocycles. The van der Waals surface area contributed by atoms with Gasteiger partial charge in [0, 0.05) is 18.3 Å². The van der Waals surface area contributed by atoms with Crippen molar-refractivity contribution in [1.82, 2.24) is 20.2 Å². The highest BCUT2D eigenvalue weighted by Crippen LogP contribution is 2.32. The number of H-pyrrole nitrogens is 1. The topological polar surface area (TPSA) is 96.0 Å². The summed E-state index contributed by atoms with van der Waals surface area (Å²) in [6.45, 7) is 0.426. The molecular formula is C14H15N5O2. The molecule has 0 spiro atoms. The first-order chi connectivity index (χ1) is 10.3. The third-order valence-electron chi connectivity index (χ3n) is 3.07. The van der Waals surface area contributed by atoms with Crippen molar-refractivity contribution in [2.75, 3.05) is 25.6 Å². The number of aliphatic hydroxyl groups excluding tert-OH is 1. The molecule has 0 unspecified atom stereocenters. The largest absolute Gasteiger partial charge is 0.496 e. The number of aliphatic hydroxyl groups is 1. The zero-order valence-electron chi connectivity index (χ0n) is 11.5. The molecule has 3 N–H and O–H groups in total. The van der Waals surface area contributed by atoms with E-state index in [4.69, 9.17) is 9.84 Å². The number of benzene rings is 1. The van der Waals surface area contributed by atoms with Crippen LogP contribution in [0.5, 0.6) is 5.75 Å². The van der Waals surface area contributed by atoms with Gasteiger partial charge in [-0.25, -0.2) is 4.98 Å². The predicted octanol–water partition coefficient (Wildman–Crippen LogP) is 1.43. The fourth-order valence-electron chi connectivity index (χ4n) is 2.11. The molecule has 108 valence electrons. The van der Waals surface area contributed by atoms with Gasteiger partial charge in [0.15, 0.2) is 5.65 Å². The molecule has 3 rings (SSSR count). The normalized spacial score (nSPS) is 10.8. The van der Waals surface area contributed by atoms with E-state index in [-0.39, 0.29) is 6.61 Å². The van der Waals surface area contributed by atoms with Gasteiger partial charge in [-0.15, -0.1) is 0 Å². The maximum absolute atomic E-state index is 8.80. The van der Waals surface area contributed by atoms with Crippen molar-refractivity contribution >= 4 is 17.0 Å². The summed E-state index contributed by atoms with van der Waals surface area (Å²) in [4.78, 5) is 8.55. The number of nitrogens with one attached hydrogen (secondary N) is 2. The summed E-state index contributed by atoms with van der Waals surface area (Å²) in [5.74, 6) is 1.19. The summed E-state index contributed by atoms with van der Waals surface area (Å²) in [5, 5.41) is 19.7. The minimum absolute atomic E-state index is 0.0246. The van der Waals surface area contributed by atoms with Crippen molar-refractivity contribution in [2.24, 2.45) is 0 Å². The number of aromatic amines is 1. The third-order valence-corrected chi connectivity index (χ3v) is 3.07. The second-order valence-corrected chi connectivity index (χ2v) is 4.38. The predicted molar refractivity (Wildman–Crippen MR) is 79.2 cm³/mol. The van der Waals surface area contributed by atoms with E-state index in [2.05, 4.69) is 25.5 Å². The number of para-hydroxylation sites is 1. The molecule has 3 aromatic rings. The molecule has 7 heteroatoms. The third kappa shape index (κ3) is 2.50. The minimum atomic E-state index is 0.0246. The molecule has 0 atom stereocenters. The Morgan fingerprint density at radius 2 is 2.19 bits per heavy atom. The zero-order valence-corrected chi connectivity index (χ0v) is 11.5. The molecule has 2 heterocycles. The fraction of sp³-hybridized carbons (Fsp3) is 0.214. The Balaban J connectivity index is 2.04. The number of hydrogen-bond donors (Lipinski definition) is 3. The Bertz CT molecular complexity index is 756. The van der Waals surface area contributed by atoms with Crippen molar-refractivity contribution in [3.8, 4) is 17.0 Å². The number of anilines is 1. The van der Waals surface area contributed by atoms with E-state index in [1.807, 2.05) is 24.3 Å². The van der Waals surface area contributed by atoms with Crippen LogP contribution in [0.1, 0.15) is 0 Å². The summed E-state index contributed by atoms with van der Waals surface area (Å²) < 4.78 is 5.36. The highest BCUT2D eigenvalue weighted by Gasteiger charge is 2.14. The standard InChI is InChI=1S/C14H15N5O2/c1-21-11-5-3-2-4-9(11)12-10-8-16-14(15-6-7-20)17-13(10)19-18-12/h2-5,8,20H,6-7H2,1H3,(H2,15,16,17,18,19). The molecule has 21 heavy (non-hydrogen) atoms. The Morgan fingerprint density at radius 3 is 3.00 bits per heavy atom. The molecule has 7 nitrogen and oxygen atoms in total. The SMILES string of the molecule is COc1ccccc1-c1n[nH]c2nc(NCCO)ncc12. The number of methoxy groups -OCH3 is 1. The Labute approximate surface area is 121 Å². The smallest absolute Gasteiger partial charge is 0.224 e. The van der Waals surface area contributed by atoms with Gasteiger partial charge in [0.05, 0.1) is 19.1 Å². The van der Waals surface area contributed by atoms with Gasteiger partial charge in [0.25, 0.3) is 0 Å². The first-order valence-corrected chi connectivity index (χ1v) is 6.52. The number of nitrogens with zero attached hydrogens (tertiary/aromatic N) is 3. The lowest BCUT2D eigenvalue weighted by Gasteiger charge is -2.06. The molecular weight excluding hydrogens is 270 g/mol. The van der Waals surface area contributed by atoms with E-state index in [0.29, 0.717) is 18.1 Å². The maximum atomic E-state index is 8.80. The molecule has 0 bridgehead atoms. The van der Waals surface area contributed by atoms with Crippen LogP contribution in [0, 0.1) is 0 Å². The Hall–Kier alpha value is -2.67. The second kappa shape index (κ2) is 5.76. The molecule has 0 aliphatic rings. The lowest BCUT2D eigenvalue weighted by atomic mass is 10.1. The molecule has 0 fully saturated rings. The summed E-state index contributed by atoms with van der Waals surface area (Å²) in [5.41, 5.74) is 2.26. The lowest BCUT2D eigenvalue weighted by Crippen LogP contribution is -2.08. The molecule has 0 aliphatic heterocycles. The van der Waals surface area contributed by atoms with Crippen LogP contribution >= 0.6 is 0 Å². The number of fused-ring (bicyclic) bond motifs is 1. The molecule has 2 aromatic heterocycles. The van der Waals surface area contributed by atoms with Crippen molar-refractivity contribution < 1.29 is 9.84 Å². The van der Waals surface area contributed by atoms with Gasteiger partial charge >= 0.3 is 0 Å². The Morgan fingerprint density at radius 1 is 1.33 bits per heavy atom. The van der Waals surface area contributed by atoms with E-state index in [1.165, 1.54) is 0 Å². The van der Waals surface area contributed by atoms with Crippen LogP contribution in [0.3, 0.4) is 0 Å². The van der Waals surface area contributed by atoms with Crippen LogP contribution in [-0.4, -0.2) is 45.5 Å². The van der Waals surface area contributed by atoms with Gasteiger partial charge in [0.1, 0.15) is 11.4 Å². The molecule has 1 aromatic carbocycles. The van der Waals surface area contributed by atoms with Crippen LogP contribution in [0.15, 0.2) is 30.5 Å². The zero-order chi connectivity index (χ0) is 14.7. The first-order valence-electron chi connectivity index (χ1n) is 6.52. The van der Waals surface area contributed by atoms with E-state index >= 15 is 0 Å². The van der Waals surface area contributed by atoms with Gasteiger partial charge in [0.2, 0.25) is 5.95 Å². The minimum Gasteiger partial charge on any atom is -0.496 e. The van der Waals surface area contributed by atoms with Crippen LogP contribution in [0.4, 0.5) is 5.95 Å². The van der Waals surface area contributed by atoms with E-state index < -0.39 is 0 Å². The van der Waals surface area contributed by atoms with Gasteiger partial charge in [-0.2, -0.15) is 10.1 Å². The monoisotopic (exact) mass is 285 g/mol. The average molecular weight is 285 g/mol. The van der Waals surface area contributed by atoms with Gasteiger partial charge < -0.3 is 15.2 Å². The number of aromatic nitrogens is 4. The summed E-state index contributed by atoms with van der Waals surface area (Å²) >= 11 is 0.